The summed E-state index contributed by atoms with van der Waals surface area (Å²) < 4.78 is 1.75. The fourth-order valence-electron chi connectivity index (χ4n) is 3.09. The van der Waals surface area contributed by atoms with Crippen LogP contribution >= 0.6 is 11.6 Å². The second kappa shape index (κ2) is 6.87. The van der Waals surface area contributed by atoms with Crippen molar-refractivity contribution in [2.24, 2.45) is 0 Å². The van der Waals surface area contributed by atoms with Gasteiger partial charge in [0.25, 0.3) is 5.91 Å². The van der Waals surface area contributed by atoms with Crippen molar-refractivity contribution in [2.45, 2.75) is 25.8 Å². The lowest BCUT2D eigenvalue weighted by atomic mass is 10.0. The monoisotopic (exact) mass is 371 g/mol. The molecule has 1 saturated heterocycles. The van der Waals surface area contributed by atoms with Crippen molar-refractivity contribution in [1.29, 1.82) is 0 Å². The van der Waals surface area contributed by atoms with E-state index in [1.807, 2.05) is 19.1 Å². The summed E-state index contributed by atoms with van der Waals surface area (Å²) in [4.78, 5) is 18.5. The van der Waals surface area contributed by atoms with Crippen LogP contribution in [0.15, 0.2) is 30.5 Å². The molecule has 1 aliphatic heterocycles. The molecule has 4 heterocycles. The third kappa shape index (κ3) is 3.32. The Labute approximate surface area is 155 Å². The lowest BCUT2D eigenvalue weighted by molar-refractivity contribution is 0.0930. The highest BCUT2D eigenvalue weighted by Crippen LogP contribution is 2.19. The van der Waals surface area contributed by atoms with Gasteiger partial charge in [0.05, 0.1) is 5.56 Å². The maximum absolute atomic E-state index is 12.3. The molecule has 26 heavy (non-hydrogen) atoms. The third-order valence-corrected chi connectivity index (χ3v) is 4.77. The quantitative estimate of drug-likeness (QED) is 0.707. The van der Waals surface area contributed by atoms with Gasteiger partial charge in [0.1, 0.15) is 11.0 Å². The highest BCUT2D eigenvalue weighted by molar-refractivity contribution is 6.29. The summed E-state index contributed by atoms with van der Waals surface area (Å²) in [6.45, 7) is 3.52. The number of anilines is 1. The lowest BCUT2D eigenvalue weighted by Crippen LogP contribution is -2.45. The van der Waals surface area contributed by atoms with E-state index in [2.05, 4.69) is 30.5 Å². The fourth-order valence-corrected chi connectivity index (χ4v) is 3.20. The third-order valence-electron chi connectivity index (χ3n) is 4.55. The van der Waals surface area contributed by atoms with Crippen LogP contribution in [0.1, 0.15) is 29.0 Å². The van der Waals surface area contributed by atoms with E-state index in [0.29, 0.717) is 10.7 Å². The van der Waals surface area contributed by atoms with E-state index in [1.165, 1.54) is 6.20 Å². The van der Waals surface area contributed by atoms with E-state index in [9.17, 15) is 4.79 Å². The molecule has 0 aromatic carbocycles. The van der Waals surface area contributed by atoms with Gasteiger partial charge in [0, 0.05) is 25.3 Å². The molecule has 1 amide bonds. The smallest absolute Gasteiger partial charge is 0.253 e. The molecule has 0 radical (unpaired) electrons. The van der Waals surface area contributed by atoms with E-state index in [1.54, 1.807) is 16.6 Å². The van der Waals surface area contributed by atoms with Gasteiger partial charge in [-0.2, -0.15) is 4.52 Å². The van der Waals surface area contributed by atoms with E-state index >= 15 is 0 Å². The normalized spacial score (nSPS) is 15.4. The van der Waals surface area contributed by atoms with E-state index in [4.69, 9.17) is 11.6 Å². The summed E-state index contributed by atoms with van der Waals surface area (Å²) >= 11 is 5.76. The van der Waals surface area contributed by atoms with Crippen molar-refractivity contribution in [2.75, 3.05) is 18.0 Å². The van der Waals surface area contributed by atoms with Crippen LogP contribution in [-0.2, 0) is 0 Å². The molecule has 1 N–H and O–H groups in total. The molecule has 0 aliphatic carbocycles. The van der Waals surface area contributed by atoms with Gasteiger partial charge in [-0.15, -0.1) is 15.3 Å². The number of hydrogen-bond donors (Lipinski definition) is 1. The largest absolute Gasteiger partial charge is 0.355 e. The van der Waals surface area contributed by atoms with Gasteiger partial charge >= 0.3 is 0 Å². The number of hydrogen-bond acceptors (Lipinski definition) is 6. The Balaban J connectivity index is 1.38. The number of halogens is 1. The first-order valence-corrected chi connectivity index (χ1v) is 8.84. The molecular formula is C17H18ClN7O. The molecule has 1 fully saturated rings. The fraction of sp³-hybridized carbons (Fsp3) is 0.353. The Morgan fingerprint density at radius 2 is 2.00 bits per heavy atom. The topological polar surface area (TPSA) is 88.3 Å². The molecule has 0 bridgehead atoms. The van der Waals surface area contributed by atoms with Gasteiger partial charge in [0.2, 0.25) is 0 Å². The number of nitrogens with one attached hydrogen (secondary N) is 1. The molecule has 8 nitrogen and oxygen atoms in total. The van der Waals surface area contributed by atoms with Crippen molar-refractivity contribution < 1.29 is 4.79 Å². The molecule has 1 aliphatic rings. The summed E-state index contributed by atoms with van der Waals surface area (Å²) in [5.74, 6) is 1.54. The van der Waals surface area contributed by atoms with E-state index < -0.39 is 0 Å². The molecule has 0 spiro atoms. The van der Waals surface area contributed by atoms with Crippen LogP contribution in [0, 0.1) is 6.92 Å². The number of aryl methyl sites for hydroxylation is 1. The average Bonchev–Trinajstić information content (AvgIpc) is 3.03. The molecular weight excluding hydrogens is 354 g/mol. The summed E-state index contributed by atoms with van der Waals surface area (Å²) in [7, 11) is 0. The molecule has 3 aromatic rings. The molecule has 0 unspecified atom stereocenters. The standard InChI is InChI=1S/C17H18ClN7O/c1-11-21-22-15-4-5-16(23-25(11)15)24-8-6-13(7-9-24)20-17(26)12-2-3-14(18)19-10-12/h2-5,10,13H,6-9H2,1H3,(H,20,26). The average molecular weight is 372 g/mol. The predicted octanol–water partition coefficient (Wildman–Crippen LogP) is 1.88. The Hall–Kier alpha value is -2.74. The minimum absolute atomic E-state index is 0.118. The first-order valence-electron chi connectivity index (χ1n) is 8.46. The zero-order valence-electron chi connectivity index (χ0n) is 14.3. The number of fused-ring (bicyclic) bond motifs is 1. The predicted molar refractivity (Wildman–Crippen MR) is 97.5 cm³/mol. The van der Waals surface area contributed by atoms with Crippen LogP contribution < -0.4 is 10.2 Å². The Kier molecular flexibility index (Phi) is 4.42. The van der Waals surface area contributed by atoms with Crippen LogP contribution in [0.5, 0.6) is 0 Å². The first kappa shape index (κ1) is 16.7. The number of piperidine rings is 1. The number of pyridine rings is 1. The van der Waals surface area contributed by atoms with Gasteiger partial charge in [-0.1, -0.05) is 11.6 Å². The van der Waals surface area contributed by atoms with Gasteiger partial charge in [-0.3, -0.25) is 4.79 Å². The summed E-state index contributed by atoms with van der Waals surface area (Å²) in [5, 5.41) is 16.1. The maximum atomic E-state index is 12.3. The summed E-state index contributed by atoms with van der Waals surface area (Å²) in [5.41, 5.74) is 1.26. The molecule has 0 saturated carbocycles. The maximum Gasteiger partial charge on any atom is 0.253 e. The van der Waals surface area contributed by atoms with Crippen molar-refractivity contribution in [1.82, 2.24) is 30.1 Å². The van der Waals surface area contributed by atoms with Crippen molar-refractivity contribution >= 4 is 29.0 Å². The molecule has 0 atom stereocenters. The van der Waals surface area contributed by atoms with E-state index in [0.717, 1.165) is 43.2 Å². The number of carbonyl (C=O) groups excluding carboxylic acids is 1. The lowest BCUT2D eigenvalue weighted by Gasteiger charge is -2.33. The number of carbonyl (C=O) groups is 1. The minimum atomic E-state index is -0.118. The summed E-state index contributed by atoms with van der Waals surface area (Å²) in [6.07, 6.45) is 3.20. The Morgan fingerprint density at radius 3 is 2.73 bits per heavy atom. The first-order chi connectivity index (χ1) is 12.6. The highest BCUT2D eigenvalue weighted by atomic mass is 35.5. The molecule has 134 valence electrons. The van der Waals surface area contributed by atoms with Crippen LogP contribution in [-0.4, -0.2) is 49.8 Å². The number of amides is 1. The molecule has 9 heteroatoms. The van der Waals surface area contributed by atoms with Crippen LogP contribution in [0.25, 0.3) is 5.65 Å². The van der Waals surface area contributed by atoms with Crippen LogP contribution in [0.2, 0.25) is 5.15 Å². The second-order valence-electron chi connectivity index (χ2n) is 6.31. The number of rotatable bonds is 3. The van der Waals surface area contributed by atoms with Crippen LogP contribution in [0.4, 0.5) is 5.82 Å². The zero-order valence-corrected chi connectivity index (χ0v) is 15.0. The molecule has 4 rings (SSSR count). The zero-order chi connectivity index (χ0) is 18.1. The van der Waals surface area contributed by atoms with Gasteiger partial charge in [-0.05, 0) is 44.0 Å². The van der Waals surface area contributed by atoms with Gasteiger partial charge < -0.3 is 10.2 Å². The Bertz CT molecular complexity index is 932. The van der Waals surface area contributed by atoms with Crippen molar-refractivity contribution in [3.05, 3.63) is 47.0 Å². The van der Waals surface area contributed by atoms with Gasteiger partial charge in [-0.25, -0.2) is 4.98 Å². The minimum Gasteiger partial charge on any atom is -0.355 e. The number of nitrogens with zero attached hydrogens (tertiary/aromatic N) is 6. The number of aromatic nitrogens is 5. The molecule has 3 aromatic heterocycles. The van der Waals surface area contributed by atoms with Gasteiger partial charge in [0.15, 0.2) is 11.5 Å². The summed E-state index contributed by atoms with van der Waals surface area (Å²) in [6, 6.07) is 7.31. The van der Waals surface area contributed by atoms with Crippen LogP contribution in [0.3, 0.4) is 0 Å². The highest BCUT2D eigenvalue weighted by Gasteiger charge is 2.22. The van der Waals surface area contributed by atoms with Crippen molar-refractivity contribution in [3.8, 4) is 0 Å². The van der Waals surface area contributed by atoms with E-state index in [-0.39, 0.29) is 11.9 Å². The van der Waals surface area contributed by atoms with Crippen molar-refractivity contribution in [3.63, 3.8) is 0 Å². The Morgan fingerprint density at radius 1 is 1.19 bits per heavy atom. The SMILES string of the molecule is Cc1nnc2ccc(N3CCC(NC(=O)c4ccc(Cl)nc4)CC3)nn12. The second-order valence-corrected chi connectivity index (χ2v) is 6.70.